The summed E-state index contributed by atoms with van der Waals surface area (Å²) in [6.45, 7) is 6.98. The predicted octanol–water partition coefficient (Wildman–Crippen LogP) is 4.79. The van der Waals surface area contributed by atoms with E-state index in [1.807, 2.05) is 26.1 Å². The van der Waals surface area contributed by atoms with E-state index in [0.717, 1.165) is 32.4 Å². The molecule has 1 aromatic heterocycles. The molecule has 1 amide bonds. The van der Waals surface area contributed by atoms with E-state index < -0.39 is 28.4 Å². The summed E-state index contributed by atoms with van der Waals surface area (Å²) in [5.74, 6) is -0.795. The number of nitrogens with one attached hydrogen (secondary N) is 1. The highest BCUT2D eigenvalue weighted by Gasteiger charge is 2.31. The zero-order valence-corrected chi connectivity index (χ0v) is 23.9. The minimum absolute atomic E-state index is 0.0914. The molecule has 0 spiro atoms. The number of hydrogen-bond acceptors (Lipinski definition) is 7. The lowest BCUT2D eigenvalue weighted by Crippen LogP contribution is -2.38. The number of sulfonamides is 1. The van der Waals surface area contributed by atoms with Crippen molar-refractivity contribution in [1.29, 1.82) is 0 Å². The van der Waals surface area contributed by atoms with E-state index in [1.54, 1.807) is 24.3 Å². The molecule has 2 aromatic carbocycles. The molecule has 1 aliphatic rings. The summed E-state index contributed by atoms with van der Waals surface area (Å²) in [6.07, 6.45) is 0.665. The van der Waals surface area contributed by atoms with Crippen LogP contribution in [0, 0.1) is 6.92 Å². The number of hydrogen-bond donors (Lipinski definition) is 1. The van der Waals surface area contributed by atoms with Crippen molar-refractivity contribution in [3.63, 3.8) is 0 Å². The Morgan fingerprint density at radius 3 is 2.37 bits per heavy atom. The maximum atomic E-state index is 13.7. The molecule has 0 atom stereocenters. The molecule has 8 nitrogen and oxygen atoms in total. The highest BCUT2D eigenvalue weighted by Crippen LogP contribution is 2.37. The van der Waals surface area contributed by atoms with Crippen molar-refractivity contribution in [2.24, 2.45) is 0 Å². The van der Waals surface area contributed by atoms with Crippen LogP contribution in [0.2, 0.25) is 0 Å². The average Bonchev–Trinajstić information content (AvgIpc) is 3.23. The van der Waals surface area contributed by atoms with Gasteiger partial charge in [0.05, 0.1) is 23.3 Å². The van der Waals surface area contributed by atoms with Gasteiger partial charge in [-0.3, -0.25) is 9.10 Å². The topological polar surface area (TPSA) is 96.0 Å². The van der Waals surface area contributed by atoms with Gasteiger partial charge in [-0.05, 0) is 61.7 Å². The number of carbonyl (C=O) groups is 2. The minimum atomic E-state index is -4.05. The Balaban J connectivity index is 1.68. The zero-order valence-electron chi connectivity index (χ0n) is 22.3. The standard InChI is InChI=1S/C28H33N3O5S2/c1-18(2)20-8-10-21(11-9-20)31(38(34,35)22-12-6-19(3)7-13-22)17-25(32)29-27-26(28(33)36-5)23-14-15-30(4)16-24(23)37-27/h6-13,18H,14-17H2,1-5H3,(H,29,32). The number of amides is 1. The van der Waals surface area contributed by atoms with Crippen LogP contribution < -0.4 is 9.62 Å². The number of thiophene rings is 1. The van der Waals surface area contributed by atoms with Gasteiger partial charge in [-0.25, -0.2) is 13.2 Å². The number of fused-ring (bicyclic) bond motifs is 1. The number of benzene rings is 2. The summed E-state index contributed by atoms with van der Waals surface area (Å²) in [4.78, 5) is 29.2. The van der Waals surface area contributed by atoms with Crippen LogP contribution in [-0.2, 0) is 32.5 Å². The second-order valence-electron chi connectivity index (χ2n) is 9.81. The third kappa shape index (κ3) is 5.77. The quantitative estimate of drug-likeness (QED) is 0.402. The molecule has 0 unspecified atom stereocenters. The van der Waals surface area contributed by atoms with Gasteiger partial charge in [-0.15, -0.1) is 11.3 Å². The summed E-state index contributed by atoms with van der Waals surface area (Å²) < 4.78 is 33.6. The van der Waals surface area contributed by atoms with Gasteiger partial charge in [0.2, 0.25) is 5.91 Å². The highest BCUT2D eigenvalue weighted by atomic mass is 32.2. The summed E-state index contributed by atoms with van der Waals surface area (Å²) in [7, 11) is -0.748. The lowest BCUT2D eigenvalue weighted by molar-refractivity contribution is -0.114. The van der Waals surface area contributed by atoms with Gasteiger partial charge in [0, 0.05) is 18.0 Å². The molecule has 0 fully saturated rings. The molecule has 0 saturated heterocycles. The van der Waals surface area contributed by atoms with Crippen LogP contribution in [-0.4, -0.2) is 52.4 Å². The van der Waals surface area contributed by atoms with Gasteiger partial charge in [0.25, 0.3) is 10.0 Å². The maximum Gasteiger partial charge on any atom is 0.341 e. The number of ether oxygens (including phenoxy) is 1. The van der Waals surface area contributed by atoms with Gasteiger partial charge >= 0.3 is 5.97 Å². The second-order valence-corrected chi connectivity index (χ2v) is 12.8. The minimum Gasteiger partial charge on any atom is -0.465 e. The van der Waals surface area contributed by atoms with Crippen molar-refractivity contribution < 1.29 is 22.7 Å². The van der Waals surface area contributed by atoms with E-state index in [4.69, 9.17) is 4.74 Å². The van der Waals surface area contributed by atoms with Crippen molar-refractivity contribution in [3.05, 3.63) is 75.7 Å². The van der Waals surface area contributed by atoms with Crippen molar-refractivity contribution in [2.75, 3.05) is 36.9 Å². The monoisotopic (exact) mass is 555 g/mol. The van der Waals surface area contributed by atoms with E-state index in [2.05, 4.69) is 24.1 Å². The first-order valence-corrected chi connectivity index (χ1v) is 14.7. The van der Waals surface area contributed by atoms with Crippen molar-refractivity contribution in [2.45, 2.75) is 44.6 Å². The molecule has 3 aromatic rings. The normalized spacial score (nSPS) is 13.7. The third-order valence-electron chi connectivity index (χ3n) is 6.63. The molecule has 2 heterocycles. The van der Waals surface area contributed by atoms with Crippen LogP contribution in [0.25, 0.3) is 0 Å². The molecule has 10 heteroatoms. The van der Waals surface area contributed by atoms with E-state index in [0.29, 0.717) is 29.2 Å². The molecule has 0 radical (unpaired) electrons. The number of methoxy groups -OCH3 is 1. The summed E-state index contributed by atoms with van der Waals surface area (Å²) in [5.41, 5.74) is 3.59. The number of anilines is 2. The first-order valence-electron chi connectivity index (χ1n) is 12.4. The summed E-state index contributed by atoms with van der Waals surface area (Å²) in [5, 5.41) is 3.19. The summed E-state index contributed by atoms with van der Waals surface area (Å²) in [6, 6.07) is 13.7. The van der Waals surface area contributed by atoms with Crippen LogP contribution in [0.1, 0.15) is 51.7 Å². The van der Waals surface area contributed by atoms with Gasteiger partial charge < -0.3 is 15.0 Å². The van der Waals surface area contributed by atoms with Crippen LogP contribution >= 0.6 is 11.3 Å². The van der Waals surface area contributed by atoms with Gasteiger partial charge in [-0.1, -0.05) is 43.7 Å². The van der Waals surface area contributed by atoms with Gasteiger partial charge in [-0.2, -0.15) is 0 Å². The Morgan fingerprint density at radius 2 is 1.76 bits per heavy atom. The van der Waals surface area contributed by atoms with E-state index in [-0.39, 0.29) is 10.8 Å². The molecule has 1 N–H and O–H groups in total. The lowest BCUT2D eigenvalue weighted by Gasteiger charge is -2.24. The third-order valence-corrected chi connectivity index (χ3v) is 9.55. The number of likely N-dealkylation sites (N-methyl/N-ethyl adjacent to an activating group) is 1. The molecule has 1 aliphatic heterocycles. The SMILES string of the molecule is COC(=O)c1c(NC(=O)CN(c2ccc(C(C)C)cc2)S(=O)(=O)c2ccc(C)cc2)sc2c1CCN(C)C2. The van der Waals surface area contributed by atoms with Crippen LogP contribution in [0.5, 0.6) is 0 Å². The Labute approximate surface area is 228 Å². The number of esters is 1. The Kier molecular flexibility index (Phi) is 8.25. The first kappa shape index (κ1) is 27.8. The Morgan fingerprint density at radius 1 is 1.11 bits per heavy atom. The number of nitrogens with zero attached hydrogens (tertiary/aromatic N) is 2. The number of rotatable bonds is 8. The molecule has 38 heavy (non-hydrogen) atoms. The van der Waals surface area contributed by atoms with E-state index in [9.17, 15) is 18.0 Å². The van der Waals surface area contributed by atoms with E-state index in [1.165, 1.54) is 30.6 Å². The molecule has 0 bridgehead atoms. The zero-order chi connectivity index (χ0) is 27.6. The maximum absolute atomic E-state index is 13.7. The van der Waals surface area contributed by atoms with Crippen LogP contribution in [0.3, 0.4) is 0 Å². The molecule has 202 valence electrons. The first-order chi connectivity index (χ1) is 18.0. The van der Waals surface area contributed by atoms with Crippen molar-refractivity contribution >= 4 is 43.9 Å². The smallest absolute Gasteiger partial charge is 0.341 e. The van der Waals surface area contributed by atoms with Crippen molar-refractivity contribution in [3.8, 4) is 0 Å². The molecule has 0 aliphatic carbocycles. The Bertz CT molecular complexity index is 1430. The molecule has 4 rings (SSSR count). The lowest BCUT2D eigenvalue weighted by atomic mass is 10.0. The number of carbonyl (C=O) groups excluding carboxylic acids is 2. The molecular weight excluding hydrogens is 522 g/mol. The predicted molar refractivity (Wildman–Crippen MR) is 151 cm³/mol. The molecule has 0 saturated carbocycles. The Hall–Kier alpha value is -3.21. The summed E-state index contributed by atoms with van der Waals surface area (Å²) >= 11 is 1.33. The number of aryl methyl sites for hydroxylation is 1. The van der Waals surface area contributed by atoms with Crippen LogP contribution in [0.4, 0.5) is 10.7 Å². The fourth-order valence-corrected chi connectivity index (χ4v) is 7.16. The van der Waals surface area contributed by atoms with Gasteiger partial charge in [0.1, 0.15) is 11.5 Å². The van der Waals surface area contributed by atoms with Crippen molar-refractivity contribution in [1.82, 2.24) is 4.90 Å². The van der Waals surface area contributed by atoms with Crippen LogP contribution in [0.15, 0.2) is 53.4 Å². The second kappa shape index (κ2) is 11.3. The fraction of sp³-hybridized carbons (Fsp3) is 0.357. The average molecular weight is 556 g/mol. The largest absolute Gasteiger partial charge is 0.465 e. The van der Waals surface area contributed by atoms with E-state index >= 15 is 0 Å². The highest BCUT2D eigenvalue weighted by molar-refractivity contribution is 7.92. The van der Waals surface area contributed by atoms with Gasteiger partial charge in [0.15, 0.2) is 0 Å². The molecular formula is C28H33N3O5S2. The fourth-order valence-electron chi connectivity index (χ4n) is 4.41.